The fourth-order valence-electron chi connectivity index (χ4n) is 2.53. The molecule has 0 bridgehead atoms. The topological polar surface area (TPSA) is 18.5 Å². The summed E-state index contributed by atoms with van der Waals surface area (Å²) >= 11 is 3.87. The van der Waals surface area contributed by atoms with Crippen LogP contribution in [0.25, 0.3) is 0 Å². The van der Waals surface area contributed by atoms with Crippen LogP contribution in [0.15, 0.2) is 18.2 Å². The van der Waals surface area contributed by atoms with Crippen molar-refractivity contribution in [2.45, 2.75) is 44.4 Å². The molecule has 1 aromatic carbocycles. The molecule has 1 aliphatic heterocycles. The van der Waals surface area contributed by atoms with Crippen molar-refractivity contribution in [3.05, 3.63) is 23.8 Å². The van der Waals surface area contributed by atoms with E-state index in [9.17, 15) is 0 Å². The molecule has 0 saturated heterocycles. The Morgan fingerprint density at radius 3 is 2.58 bits per heavy atom. The van der Waals surface area contributed by atoms with Gasteiger partial charge in [0.1, 0.15) is 13.2 Å². The van der Waals surface area contributed by atoms with Gasteiger partial charge in [-0.3, -0.25) is 0 Å². The molecule has 0 aliphatic carbocycles. The summed E-state index contributed by atoms with van der Waals surface area (Å²) in [7, 11) is 0. The van der Waals surface area contributed by atoms with Gasteiger partial charge in [-0.1, -0.05) is 55.1 Å². The molecule has 3 heteroatoms. The molecular weight excluding hydrogens is 304 g/mol. The molecule has 106 valence electrons. The minimum Gasteiger partial charge on any atom is -0.486 e. The highest BCUT2D eigenvalue weighted by molar-refractivity contribution is 9.09. The highest BCUT2D eigenvalue weighted by Gasteiger charge is 2.21. The molecule has 0 fully saturated rings. The van der Waals surface area contributed by atoms with Gasteiger partial charge in [-0.15, -0.1) is 0 Å². The highest BCUT2D eigenvalue weighted by atomic mass is 79.9. The molecule has 0 saturated carbocycles. The van der Waals surface area contributed by atoms with E-state index in [0.717, 1.165) is 11.5 Å². The number of fused-ring (bicyclic) bond motifs is 1. The Kier molecular flexibility index (Phi) is 5.56. The number of benzene rings is 1. The second-order valence-corrected chi connectivity index (χ2v) is 6.10. The monoisotopic (exact) mass is 326 g/mol. The van der Waals surface area contributed by atoms with E-state index in [4.69, 9.17) is 9.47 Å². The van der Waals surface area contributed by atoms with Gasteiger partial charge in [0, 0.05) is 4.83 Å². The predicted molar refractivity (Wildman–Crippen MR) is 82.4 cm³/mol. The lowest BCUT2D eigenvalue weighted by Crippen LogP contribution is -2.16. The summed E-state index contributed by atoms with van der Waals surface area (Å²) in [5.74, 6) is 2.44. The Morgan fingerprint density at radius 2 is 1.89 bits per heavy atom. The van der Waals surface area contributed by atoms with Gasteiger partial charge in [-0.05, 0) is 30.0 Å². The van der Waals surface area contributed by atoms with Crippen LogP contribution in [0.5, 0.6) is 11.5 Å². The lowest BCUT2D eigenvalue weighted by Gasteiger charge is -2.24. The van der Waals surface area contributed by atoms with E-state index >= 15 is 0 Å². The average Bonchev–Trinajstić information content (AvgIpc) is 2.47. The number of unbranched alkanes of at least 4 members (excludes halogenated alkanes) is 1. The second kappa shape index (κ2) is 7.18. The smallest absolute Gasteiger partial charge is 0.161 e. The van der Waals surface area contributed by atoms with Crippen LogP contribution in [0, 0.1) is 5.92 Å². The summed E-state index contributed by atoms with van der Waals surface area (Å²) in [6, 6.07) is 6.31. The molecule has 19 heavy (non-hydrogen) atoms. The summed E-state index contributed by atoms with van der Waals surface area (Å²) in [4.78, 5) is 0.403. The van der Waals surface area contributed by atoms with E-state index in [2.05, 4.69) is 41.9 Å². The number of alkyl halides is 1. The first-order valence-corrected chi connectivity index (χ1v) is 8.21. The number of hydrogen-bond donors (Lipinski definition) is 0. The summed E-state index contributed by atoms with van der Waals surface area (Å²) in [6.07, 6.45) is 5.03. The minimum absolute atomic E-state index is 0.403. The molecule has 1 aromatic rings. The van der Waals surface area contributed by atoms with Crippen molar-refractivity contribution in [1.29, 1.82) is 0 Å². The number of halogens is 1. The molecule has 1 heterocycles. The van der Waals surface area contributed by atoms with Gasteiger partial charge in [-0.25, -0.2) is 0 Å². The Bertz CT molecular complexity index is 406. The molecule has 0 aromatic heterocycles. The third kappa shape index (κ3) is 3.65. The van der Waals surface area contributed by atoms with Crippen LogP contribution < -0.4 is 9.47 Å². The number of ether oxygens (including phenoxy) is 2. The van der Waals surface area contributed by atoms with Gasteiger partial charge in [0.05, 0.1) is 0 Å². The van der Waals surface area contributed by atoms with Crippen molar-refractivity contribution in [1.82, 2.24) is 0 Å². The van der Waals surface area contributed by atoms with Gasteiger partial charge in [0.2, 0.25) is 0 Å². The predicted octanol–water partition coefficient (Wildman–Crippen LogP) is 5.11. The molecule has 0 radical (unpaired) electrons. The van der Waals surface area contributed by atoms with Crippen molar-refractivity contribution in [3.8, 4) is 11.5 Å². The molecule has 2 rings (SSSR count). The van der Waals surface area contributed by atoms with E-state index in [0.29, 0.717) is 24.0 Å². The van der Waals surface area contributed by atoms with Crippen molar-refractivity contribution in [3.63, 3.8) is 0 Å². The zero-order valence-electron chi connectivity index (χ0n) is 11.8. The molecule has 2 atom stereocenters. The maximum Gasteiger partial charge on any atom is 0.161 e. The lowest BCUT2D eigenvalue weighted by molar-refractivity contribution is 0.171. The first-order chi connectivity index (χ1) is 9.26. The molecule has 0 amide bonds. The van der Waals surface area contributed by atoms with Crippen molar-refractivity contribution >= 4 is 15.9 Å². The van der Waals surface area contributed by atoms with Crippen LogP contribution in [0.1, 0.15) is 49.9 Å². The fraction of sp³-hybridized carbons (Fsp3) is 0.625. The minimum atomic E-state index is 0.403. The molecule has 2 nitrogen and oxygen atoms in total. The van der Waals surface area contributed by atoms with Gasteiger partial charge >= 0.3 is 0 Å². The number of rotatable bonds is 6. The maximum absolute atomic E-state index is 5.66. The number of hydrogen-bond acceptors (Lipinski definition) is 2. The first-order valence-electron chi connectivity index (χ1n) is 7.29. The van der Waals surface area contributed by atoms with Crippen LogP contribution in [-0.2, 0) is 0 Å². The van der Waals surface area contributed by atoms with E-state index < -0.39 is 0 Å². The molecule has 1 aliphatic rings. The second-order valence-electron chi connectivity index (χ2n) is 5.12. The van der Waals surface area contributed by atoms with Crippen LogP contribution in [0.2, 0.25) is 0 Å². The van der Waals surface area contributed by atoms with E-state index in [1.54, 1.807) is 0 Å². The molecule has 0 spiro atoms. The van der Waals surface area contributed by atoms with Crippen molar-refractivity contribution in [2.75, 3.05) is 13.2 Å². The van der Waals surface area contributed by atoms with Crippen molar-refractivity contribution < 1.29 is 9.47 Å². The SMILES string of the molecule is CCCCC(CC)C(Br)c1ccc2c(c1)OCCO2. The van der Waals surface area contributed by atoms with Crippen molar-refractivity contribution in [2.24, 2.45) is 5.92 Å². The Balaban J connectivity index is 2.11. The summed E-state index contributed by atoms with van der Waals surface area (Å²) in [5, 5.41) is 0. The van der Waals surface area contributed by atoms with E-state index in [1.807, 2.05) is 6.07 Å². The standard InChI is InChI=1S/C16H23BrO2/c1-3-5-6-12(4-2)16(17)13-7-8-14-15(11-13)19-10-9-18-14/h7-8,11-12,16H,3-6,9-10H2,1-2H3. The van der Waals surface area contributed by atoms with Gasteiger partial charge < -0.3 is 9.47 Å². The zero-order chi connectivity index (χ0) is 13.7. The molecule has 0 N–H and O–H groups in total. The van der Waals surface area contributed by atoms with Crippen LogP contribution >= 0.6 is 15.9 Å². The maximum atomic E-state index is 5.66. The Labute approximate surface area is 124 Å². The summed E-state index contributed by atoms with van der Waals surface area (Å²) < 4.78 is 11.2. The fourth-order valence-corrected chi connectivity index (χ4v) is 3.45. The van der Waals surface area contributed by atoms with Gasteiger partial charge in [0.25, 0.3) is 0 Å². The Hall–Kier alpha value is -0.700. The third-order valence-electron chi connectivity index (χ3n) is 3.75. The molecular formula is C16H23BrO2. The van der Waals surface area contributed by atoms with Gasteiger partial charge in [-0.2, -0.15) is 0 Å². The third-order valence-corrected chi connectivity index (χ3v) is 5.03. The largest absolute Gasteiger partial charge is 0.486 e. The first kappa shape index (κ1) is 14.7. The van der Waals surface area contributed by atoms with Crippen LogP contribution in [-0.4, -0.2) is 13.2 Å². The van der Waals surface area contributed by atoms with Crippen LogP contribution in [0.4, 0.5) is 0 Å². The zero-order valence-corrected chi connectivity index (χ0v) is 13.4. The van der Waals surface area contributed by atoms with Gasteiger partial charge in [0.15, 0.2) is 11.5 Å². The normalized spacial score (nSPS) is 17.0. The quantitative estimate of drug-likeness (QED) is 0.676. The van der Waals surface area contributed by atoms with E-state index in [-0.39, 0.29) is 0 Å². The van der Waals surface area contributed by atoms with E-state index in [1.165, 1.54) is 31.2 Å². The molecule has 2 unspecified atom stereocenters. The lowest BCUT2D eigenvalue weighted by atomic mass is 9.91. The average molecular weight is 327 g/mol. The van der Waals surface area contributed by atoms with Crippen LogP contribution in [0.3, 0.4) is 0 Å². The highest BCUT2D eigenvalue weighted by Crippen LogP contribution is 2.40. The Morgan fingerprint density at radius 1 is 1.16 bits per heavy atom. The summed E-state index contributed by atoms with van der Waals surface area (Å²) in [5.41, 5.74) is 1.30. The summed E-state index contributed by atoms with van der Waals surface area (Å²) in [6.45, 7) is 5.82.